The number of nitro benzene ring substituents is 1. The largest absolute Gasteiger partial charge is 0.440 e. The van der Waals surface area contributed by atoms with Crippen molar-refractivity contribution in [1.82, 2.24) is 4.98 Å². The molecule has 0 aliphatic heterocycles. The molecule has 6 nitrogen and oxygen atoms in total. The first-order valence-electron chi connectivity index (χ1n) is 4.72. The first-order valence-corrected chi connectivity index (χ1v) is 5.70. The summed E-state index contributed by atoms with van der Waals surface area (Å²) in [6.07, 6.45) is 3.03. The second-order valence-corrected chi connectivity index (χ2v) is 4.16. The molecule has 0 aliphatic carbocycles. The van der Waals surface area contributed by atoms with E-state index in [4.69, 9.17) is 10.2 Å². The van der Waals surface area contributed by atoms with Crippen molar-refractivity contribution in [2.45, 2.75) is 11.0 Å². The number of aromatic nitrogens is 1. The van der Waals surface area contributed by atoms with Gasteiger partial charge >= 0.3 is 0 Å². The fraction of sp³-hybridized carbons (Fsp3) is 0.100. The van der Waals surface area contributed by atoms with Gasteiger partial charge in [0.1, 0.15) is 12.0 Å². The van der Waals surface area contributed by atoms with Crippen LogP contribution >= 0.6 is 11.8 Å². The Morgan fingerprint density at radius 3 is 3.00 bits per heavy atom. The number of oxazole rings is 1. The van der Waals surface area contributed by atoms with Crippen molar-refractivity contribution in [3.05, 3.63) is 46.3 Å². The third-order valence-electron chi connectivity index (χ3n) is 2.06. The molecule has 0 amide bonds. The molecule has 0 spiro atoms. The summed E-state index contributed by atoms with van der Waals surface area (Å²) >= 11 is 1.37. The molecule has 0 radical (unpaired) electrons. The average molecular weight is 251 g/mol. The van der Waals surface area contributed by atoms with E-state index in [-0.39, 0.29) is 11.4 Å². The van der Waals surface area contributed by atoms with Crippen LogP contribution in [-0.4, -0.2) is 9.91 Å². The molecule has 88 valence electrons. The van der Waals surface area contributed by atoms with Gasteiger partial charge in [0, 0.05) is 11.8 Å². The molecule has 0 fully saturated rings. The minimum Gasteiger partial charge on any atom is -0.440 e. The number of nitrogens with zero attached hydrogens (tertiary/aromatic N) is 2. The van der Waals surface area contributed by atoms with Gasteiger partial charge in [0.15, 0.2) is 0 Å². The van der Waals surface area contributed by atoms with Crippen molar-refractivity contribution < 1.29 is 9.34 Å². The van der Waals surface area contributed by atoms with E-state index >= 15 is 0 Å². The van der Waals surface area contributed by atoms with E-state index in [0.717, 1.165) is 5.56 Å². The highest BCUT2D eigenvalue weighted by atomic mass is 32.2. The van der Waals surface area contributed by atoms with Crippen molar-refractivity contribution in [3.63, 3.8) is 0 Å². The first kappa shape index (κ1) is 11.5. The number of thioether (sulfide) groups is 1. The van der Waals surface area contributed by atoms with Gasteiger partial charge in [-0.1, -0.05) is 17.8 Å². The van der Waals surface area contributed by atoms with Crippen molar-refractivity contribution in [2.75, 3.05) is 5.73 Å². The predicted molar refractivity (Wildman–Crippen MR) is 63.6 cm³/mol. The van der Waals surface area contributed by atoms with Crippen molar-refractivity contribution in [2.24, 2.45) is 0 Å². The summed E-state index contributed by atoms with van der Waals surface area (Å²) in [6.45, 7) is 0. The molecule has 1 aromatic heterocycles. The zero-order chi connectivity index (χ0) is 12.3. The molecule has 0 saturated carbocycles. The molecule has 2 aromatic rings. The monoisotopic (exact) mass is 251 g/mol. The van der Waals surface area contributed by atoms with E-state index in [1.165, 1.54) is 30.2 Å². The van der Waals surface area contributed by atoms with Gasteiger partial charge in [-0.3, -0.25) is 10.1 Å². The minimum atomic E-state index is -0.491. The first-order chi connectivity index (χ1) is 8.16. The van der Waals surface area contributed by atoms with Crippen LogP contribution in [0.2, 0.25) is 0 Å². The fourth-order valence-electron chi connectivity index (χ4n) is 1.26. The van der Waals surface area contributed by atoms with Gasteiger partial charge in [-0.05, 0) is 11.6 Å². The Hall–Kier alpha value is -2.02. The van der Waals surface area contributed by atoms with Gasteiger partial charge in [0.2, 0.25) is 0 Å². The molecule has 0 saturated heterocycles. The number of nitrogen functional groups attached to an aromatic ring is 1. The van der Waals surface area contributed by atoms with Crippen LogP contribution in [0.4, 0.5) is 11.4 Å². The van der Waals surface area contributed by atoms with Gasteiger partial charge in [0.05, 0.1) is 11.1 Å². The summed E-state index contributed by atoms with van der Waals surface area (Å²) in [7, 11) is 0. The van der Waals surface area contributed by atoms with Crippen LogP contribution < -0.4 is 5.73 Å². The second-order valence-electron chi connectivity index (χ2n) is 3.24. The molecule has 0 atom stereocenters. The number of benzene rings is 1. The normalized spacial score (nSPS) is 10.4. The van der Waals surface area contributed by atoms with Crippen LogP contribution in [0.15, 0.2) is 40.3 Å². The van der Waals surface area contributed by atoms with Crippen molar-refractivity contribution in [3.8, 4) is 0 Å². The molecule has 1 heterocycles. The van der Waals surface area contributed by atoms with Crippen molar-refractivity contribution in [1.29, 1.82) is 0 Å². The number of anilines is 1. The second kappa shape index (κ2) is 4.88. The van der Waals surface area contributed by atoms with Crippen LogP contribution in [0.3, 0.4) is 0 Å². The standard InChI is InChI=1S/C10H9N3O3S/c11-8-2-1-7(5-9(8)13(14)15)6-17-10-12-3-4-16-10/h1-5H,6,11H2. The Bertz CT molecular complexity index is 528. The lowest BCUT2D eigenvalue weighted by atomic mass is 10.2. The summed E-state index contributed by atoms with van der Waals surface area (Å²) < 4.78 is 5.05. The Labute approximate surface area is 101 Å². The van der Waals surface area contributed by atoms with E-state index in [1.54, 1.807) is 12.3 Å². The van der Waals surface area contributed by atoms with E-state index in [0.29, 0.717) is 11.0 Å². The Morgan fingerprint density at radius 1 is 1.53 bits per heavy atom. The van der Waals surface area contributed by atoms with Crippen LogP contribution in [0.25, 0.3) is 0 Å². The topological polar surface area (TPSA) is 95.2 Å². The molecule has 7 heteroatoms. The van der Waals surface area contributed by atoms with E-state index in [1.807, 2.05) is 0 Å². The van der Waals surface area contributed by atoms with Gasteiger partial charge in [0.25, 0.3) is 10.9 Å². The summed E-state index contributed by atoms with van der Waals surface area (Å²) in [5.74, 6) is 0.543. The van der Waals surface area contributed by atoms with E-state index in [9.17, 15) is 10.1 Å². The third-order valence-corrected chi connectivity index (χ3v) is 2.99. The number of rotatable bonds is 4. The highest BCUT2D eigenvalue weighted by molar-refractivity contribution is 7.98. The average Bonchev–Trinajstić information content (AvgIpc) is 2.80. The summed E-state index contributed by atoms with van der Waals surface area (Å²) in [4.78, 5) is 14.1. The summed E-state index contributed by atoms with van der Waals surface area (Å²) in [6, 6.07) is 4.74. The van der Waals surface area contributed by atoms with Crippen LogP contribution in [0.1, 0.15) is 5.56 Å². The molecule has 2 rings (SSSR count). The lowest BCUT2D eigenvalue weighted by Gasteiger charge is -2.01. The highest BCUT2D eigenvalue weighted by Gasteiger charge is 2.12. The molecule has 0 unspecified atom stereocenters. The molecule has 1 aromatic carbocycles. The third kappa shape index (κ3) is 2.76. The molecule has 0 aliphatic rings. The summed E-state index contributed by atoms with van der Waals surface area (Å²) in [5, 5.41) is 11.2. The fourth-order valence-corrected chi connectivity index (χ4v) is 1.99. The zero-order valence-electron chi connectivity index (χ0n) is 8.70. The smallest absolute Gasteiger partial charge is 0.292 e. The van der Waals surface area contributed by atoms with Crippen LogP contribution in [0.5, 0.6) is 0 Å². The van der Waals surface area contributed by atoms with E-state index in [2.05, 4.69) is 4.98 Å². The molecule has 2 N–H and O–H groups in total. The number of nitrogens with two attached hydrogens (primary N) is 1. The van der Waals surface area contributed by atoms with Gasteiger partial charge in [-0.2, -0.15) is 0 Å². The SMILES string of the molecule is Nc1ccc(CSc2ncco2)cc1[N+](=O)[O-]. The predicted octanol–water partition coefficient (Wildman–Crippen LogP) is 2.46. The maximum atomic E-state index is 10.7. The number of nitro groups is 1. The van der Waals surface area contributed by atoms with Crippen LogP contribution in [-0.2, 0) is 5.75 Å². The highest BCUT2D eigenvalue weighted by Crippen LogP contribution is 2.26. The maximum Gasteiger partial charge on any atom is 0.292 e. The minimum absolute atomic E-state index is 0.0736. The van der Waals surface area contributed by atoms with E-state index < -0.39 is 4.92 Å². The molecular weight excluding hydrogens is 242 g/mol. The summed E-state index contributed by atoms with van der Waals surface area (Å²) in [5.41, 5.74) is 6.39. The van der Waals surface area contributed by atoms with Crippen molar-refractivity contribution >= 4 is 23.1 Å². The Morgan fingerprint density at radius 2 is 2.35 bits per heavy atom. The maximum absolute atomic E-state index is 10.7. The lowest BCUT2D eigenvalue weighted by Crippen LogP contribution is -1.96. The van der Waals surface area contributed by atoms with Gasteiger partial charge in [-0.15, -0.1) is 0 Å². The van der Waals surface area contributed by atoms with Gasteiger partial charge < -0.3 is 10.2 Å². The Balaban J connectivity index is 2.11. The number of hydrogen-bond donors (Lipinski definition) is 1. The van der Waals surface area contributed by atoms with Gasteiger partial charge in [-0.25, -0.2) is 4.98 Å². The number of hydrogen-bond acceptors (Lipinski definition) is 6. The quantitative estimate of drug-likeness (QED) is 0.388. The molecular formula is C10H9N3O3S. The van der Waals surface area contributed by atoms with Crippen LogP contribution in [0, 0.1) is 10.1 Å². The molecule has 17 heavy (non-hydrogen) atoms. The lowest BCUT2D eigenvalue weighted by molar-refractivity contribution is -0.383. The zero-order valence-corrected chi connectivity index (χ0v) is 9.52. The Kier molecular flexibility index (Phi) is 3.29. The molecule has 0 bridgehead atoms.